The van der Waals surface area contributed by atoms with E-state index in [1.54, 1.807) is 0 Å². The monoisotopic (exact) mass is 268 g/mol. The largest absolute Gasteiger partial charge is 0.522 e. The molecule has 0 bridgehead atoms. The molecule has 0 aromatic rings. The molecule has 0 aliphatic carbocycles. The van der Waals surface area contributed by atoms with Gasteiger partial charge in [-0.25, -0.2) is 0 Å². The van der Waals surface area contributed by atoms with Gasteiger partial charge in [-0.2, -0.15) is 0 Å². The molecule has 0 radical (unpaired) electrons. The summed E-state index contributed by atoms with van der Waals surface area (Å²) in [6, 6.07) is 0. The number of nitrogens with one attached hydrogen (secondary N) is 1. The van der Waals surface area contributed by atoms with Crippen molar-refractivity contribution >= 4 is 0 Å². The average Bonchev–Trinajstić information content (AvgIpc) is 2.29. The number of ether oxygens (including phenoxy) is 1. The second-order valence-electron chi connectivity index (χ2n) is 4.81. The molecule has 0 aromatic carbocycles. The fourth-order valence-corrected chi connectivity index (χ4v) is 2.35. The van der Waals surface area contributed by atoms with E-state index in [0.717, 1.165) is 45.4 Å². The Balaban J connectivity index is 2.25. The van der Waals surface area contributed by atoms with E-state index < -0.39 is 6.36 Å². The molecule has 0 aromatic heterocycles. The van der Waals surface area contributed by atoms with E-state index >= 15 is 0 Å². The van der Waals surface area contributed by atoms with E-state index in [-0.39, 0.29) is 6.61 Å². The van der Waals surface area contributed by atoms with Crippen LogP contribution >= 0.6 is 0 Å². The molecular weight excluding hydrogens is 245 g/mol. The standard InChI is InChI=1S/C12H23F3N2O/c1-2-6-17(7-8-18-12(13,14)15)10-11-4-3-5-16-9-11/h11,16H,2-10H2,1H3. The Hall–Kier alpha value is -0.330. The Morgan fingerprint density at radius 2 is 2.11 bits per heavy atom. The third-order valence-electron chi connectivity index (χ3n) is 3.13. The molecule has 3 nitrogen and oxygen atoms in total. The Labute approximate surface area is 107 Å². The number of piperidine rings is 1. The summed E-state index contributed by atoms with van der Waals surface area (Å²) >= 11 is 0. The SMILES string of the molecule is CCCN(CCOC(F)(F)F)CC1CCCNC1. The van der Waals surface area contributed by atoms with Crippen molar-refractivity contribution in [3.63, 3.8) is 0 Å². The van der Waals surface area contributed by atoms with Crippen molar-refractivity contribution in [1.29, 1.82) is 0 Å². The third-order valence-corrected chi connectivity index (χ3v) is 3.13. The molecular formula is C12H23F3N2O. The summed E-state index contributed by atoms with van der Waals surface area (Å²) in [5, 5.41) is 3.32. The minimum atomic E-state index is -4.51. The number of rotatable bonds is 7. The lowest BCUT2D eigenvalue weighted by atomic mass is 9.99. The first-order chi connectivity index (χ1) is 8.51. The molecule has 1 N–H and O–H groups in total. The van der Waals surface area contributed by atoms with Crippen LogP contribution in [0.15, 0.2) is 0 Å². The highest BCUT2D eigenvalue weighted by atomic mass is 19.4. The first-order valence-electron chi connectivity index (χ1n) is 6.65. The van der Waals surface area contributed by atoms with Crippen LogP contribution in [0.2, 0.25) is 0 Å². The number of halogens is 3. The van der Waals surface area contributed by atoms with Crippen LogP contribution in [0.5, 0.6) is 0 Å². The summed E-state index contributed by atoms with van der Waals surface area (Å²) in [7, 11) is 0. The fraction of sp³-hybridized carbons (Fsp3) is 1.00. The highest BCUT2D eigenvalue weighted by Gasteiger charge is 2.29. The number of alkyl halides is 3. The lowest BCUT2D eigenvalue weighted by molar-refractivity contribution is -0.325. The summed E-state index contributed by atoms with van der Waals surface area (Å²) in [6.45, 7) is 5.84. The summed E-state index contributed by atoms with van der Waals surface area (Å²) in [6.07, 6.45) is -1.24. The Morgan fingerprint density at radius 3 is 2.67 bits per heavy atom. The lowest BCUT2D eigenvalue weighted by Crippen LogP contribution is -2.40. The molecule has 1 heterocycles. The van der Waals surface area contributed by atoms with Gasteiger partial charge in [0.05, 0.1) is 6.61 Å². The van der Waals surface area contributed by atoms with Gasteiger partial charge in [-0.1, -0.05) is 6.92 Å². The highest BCUT2D eigenvalue weighted by Crippen LogP contribution is 2.16. The number of hydrogen-bond donors (Lipinski definition) is 1. The Kier molecular flexibility index (Phi) is 6.96. The van der Waals surface area contributed by atoms with Crippen LogP contribution in [0.1, 0.15) is 26.2 Å². The van der Waals surface area contributed by atoms with Crippen LogP contribution < -0.4 is 5.32 Å². The van der Waals surface area contributed by atoms with Gasteiger partial charge in [0.15, 0.2) is 0 Å². The van der Waals surface area contributed by atoms with E-state index in [2.05, 4.69) is 15.0 Å². The van der Waals surface area contributed by atoms with Crippen molar-refractivity contribution in [3.8, 4) is 0 Å². The van der Waals surface area contributed by atoms with Crippen LogP contribution in [0.25, 0.3) is 0 Å². The molecule has 1 atom stereocenters. The van der Waals surface area contributed by atoms with E-state index in [9.17, 15) is 13.2 Å². The van der Waals surface area contributed by atoms with Crippen molar-refractivity contribution in [2.24, 2.45) is 5.92 Å². The zero-order chi connectivity index (χ0) is 13.4. The van der Waals surface area contributed by atoms with Crippen LogP contribution in [-0.4, -0.2) is 50.6 Å². The topological polar surface area (TPSA) is 24.5 Å². The van der Waals surface area contributed by atoms with E-state index in [0.29, 0.717) is 12.5 Å². The predicted molar refractivity (Wildman–Crippen MR) is 64.3 cm³/mol. The molecule has 18 heavy (non-hydrogen) atoms. The molecule has 1 fully saturated rings. The number of nitrogens with zero attached hydrogens (tertiary/aromatic N) is 1. The van der Waals surface area contributed by atoms with Crippen molar-refractivity contribution in [2.75, 3.05) is 39.3 Å². The van der Waals surface area contributed by atoms with Gasteiger partial charge in [-0.15, -0.1) is 13.2 Å². The summed E-state index contributed by atoms with van der Waals surface area (Å²) in [5.41, 5.74) is 0. The van der Waals surface area contributed by atoms with Gasteiger partial charge in [0.1, 0.15) is 0 Å². The maximum Gasteiger partial charge on any atom is 0.522 e. The fourth-order valence-electron chi connectivity index (χ4n) is 2.35. The van der Waals surface area contributed by atoms with Gasteiger partial charge in [-0.05, 0) is 44.8 Å². The zero-order valence-electron chi connectivity index (χ0n) is 10.9. The molecule has 0 spiro atoms. The zero-order valence-corrected chi connectivity index (χ0v) is 10.9. The molecule has 108 valence electrons. The van der Waals surface area contributed by atoms with Crippen LogP contribution in [0, 0.1) is 5.92 Å². The summed E-state index contributed by atoms with van der Waals surface area (Å²) in [5.74, 6) is 0.552. The Morgan fingerprint density at radius 1 is 1.33 bits per heavy atom. The second-order valence-corrected chi connectivity index (χ2v) is 4.81. The van der Waals surface area contributed by atoms with Crippen LogP contribution in [0.3, 0.4) is 0 Å². The number of hydrogen-bond acceptors (Lipinski definition) is 3. The third kappa shape index (κ3) is 7.18. The van der Waals surface area contributed by atoms with Crippen molar-refractivity contribution < 1.29 is 17.9 Å². The molecule has 0 amide bonds. The maximum atomic E-state index is 11.9. The van der Waals surface area contributed by atoms with Gasteiger partial charge in [0.25, 0.3) is 0 Å². The molecule has 1 unspecified atom stereocenters. The minimum absolute atomic E-state index is 0.274. The second kappa shape index (κ2) is 7.96. The molecule has 1 saturated heterocycles. The Bertz CT molecular complexity index is 218. The van der Waals surface area contributed by atoms with Crippen molar-refractivity contribution in [1.82, 2.24) is 10.2 Å². The molecule has 1 aliphatic heterocycles. The summed E-state index contributed by atoms with van der Waals surface area (Å²) in [4.78, 5) is 2.07. The normalized spacial score (nSPS) is 21.5. The van der Waals surface area contributed by atoms with Gasteiger partial charge < -0.3 is 10.2 Å². The van der Waals surface area contributed by atoms with E-state index in [4.69, 9.17) is 0 Å². The van der Waals surface area contributed by atoms with E-state index in [1.165, 1.54) is 0 Å². The van der Waals surface area contributed by atoms with Crippen molar-refractivity contribution in [2.45, 2.75) is 32.5 Å². The van der Waals surface area contributed by atoms with E-state index in [1.807, 2.05) is 6.92 Å². The van der Waals surface area contributed by atoms with Gasteiger partial charge in [-0.3, -0.25) is 4.74 Å². The predicted octanol–water partition coefficient (Wildman–Crippen LogP) is 2.23. The van der Waals surface area contributed by atoms with Crippen LogP contribution in [-0.2, 0) is 4.74 Å². The lowest BCUT2D eigenvalue weighted by Gasteiger charge is -2.30. The first-order valence-corrected chi connectivity index (χ1v) is 6.65. The molecule has 1 rings (SSSR count). The smallest absolute Gasteiger partial charge is 0.316 e. The minimum Gasteiger partial charge on any atom is -0.316 e. The quantitative estimate of drug-likeness (QED) is 0.766. The van der Waals surface area contributed by atoms with Gasteiger partial charge >= 0.3 is 6.36 Å². The summed E-state index contributed by atoms with van der Waals surface area (Å²) < 4.78 is 39.5. The molecule has 0 saturated carbocycles. The molecule has 1 aliphatic rings. The van der Waals surface area contributed by atoms with Gasteiger partial charge in [0, 0.05) is 13.1 Å². The molecule has 6 heteroatoms. The van der Waals surface area contributed by atoms with Crippen LogP contribution in [0.4, 0.5) is 13.2 Å². The van der Waals surface area contributed by atoms with Gasteiger partial charge in [0.2, 0.25) is 0 Å². The van der Waals surface area contributed by atoms with Crippen molar-refractivity contribution in [3.05, 3.63) is 0 Å². The highest BCUT2D eigenvalue weighted by molar-refractivity contribution is 4.73. The first kappa shape index (κ1) is 15.7. The maximum absolute atomic E-state index is 11.9. The average molecular weight is 268 g/mol.